The Hall–Kier alpha value is -3.66. The molecule has 1 heterocycles. The fraction of sp³-hybridized carbons (Fsp3) is 0.290. The van der Waals surface area contributed by atoms with Crippen LogP contribution in [0.2, 0.25) is 0 Å². The van der Waals surface area contributed by atoms with Crippen LogP contribution in [0.15, 0.2) is 95.3 Å². The smallest absolute Gasteiger partial charge is 0.337 e. The molecule has 178 valence electrons. The van der Waals surface area contributed by atoms with Gasteiger partial charge in [-0.05, 0) is 54.5 Å². The lowest BCUT2D eigenvalue weighted by Crippen LogP contribution is -2.36. The molecule has 0 bridgehead atoms. The normalized spacial score (nSPS) is 20.9. The summed E-state index contributed by atoms with van der Waals surface area (Å²) >= 11 is 0. The van der Waals surface area contributed by atoms with Gasteiger partial charge in [0.05, 0.1) is 11.7 Å². The van der Waals surface area contributed by atoms with Gasteiger partial charge >= 0.3 is 5.97 Å². The summed E-state index contributed by atoms with van der Waals surface area (Å²) in [4.78, 5) is 27.3. The van der Waals surface area contributed by atoms with Crippen LogP contribution in [0, 0.1) is 0 Å². The van der Waals surface area contributed by atoms with Crippen molar-refractivity contribution in [2.75, 3.05) is 0 Å². The van der Waals surface area contributed by atoms with E-state index in [2.05, 4.69) is 35.6 Å². The highest BCUT2D eigenvalue weighted by Gasteiger charge is 2.42. The Morgan fingerprint density at radius 3 is 2.49 bits per heavy atom. The van der Waals surface area contributed by atoms with Gasteiger partial charge in [0, 0.05) is 29.3 Å². The summed E-state index contributed by atoms with van der Waals surface area (Å²) in [6, 6.07) is 24.5. The number of rotatable bonds is 5. The fourth-order valence-corrected chi connectivity index (χ4v) is 5.41. The maximum atomic E-state index is 13.8. The van der Waals surface area contributed by atoms with Gasteiger partial charge in [0.15, 0.2) is 5.78 Å². The lowest BCUT2D eigenvalue weighted by atomic mass is 9.71. The number of benzene rings is 3. The number of esters is 1. The minimum absolute atomic E-state index is 0.0897. The summed E-state index contributed by atoms with van der Waals surface area (Å²) < 4.78 is 5.81. The van der Waals surface area contributed by atoms with E-state index >= 15 is 0 Å². The minimum atomic E-state index is -0.460. The Morgan fingerprint density at radius 1 is 1.00 bits per heavy atom. The Kier molecular flexibility index (Phi) is 6.29. The molecular formula is C31H31NO3. The van der Waals surface area contributed by atoms with E-state index in [1.54, 1.807) is 0 Å². The molecule has 3 aromatic carbocycles. The number of hydrogen-bond donors (Lipinski definition) is 1. The Balaban J connectivity index is 1.66. The van der Waals surface area contributed by atoms with Crippen molar-refractivity contribution in [3.63, 3.8) is 0 Å². The largest absolute Gasteiger partial charge is 0.459 e. The summed E-state index contributed by atoms with van der Waals surface area (Å²) in [5.74, 6) is -0.610. The molecular weight excluding hydrogens is 434 g/mol. The van der Waals surface area contributed by atoms with Gasteiger partial charge in [0.2, 0.25) is 0 Å². The summed E-state index contributed by atoms with van der Waals surface area (Å²) in [7, 11) is 0. The molecule has 4 nitrogen and oxygen atoms in total. The van der Waals surface area contributed by atoms with Crippen molar-refractivity contribution < 1.29 is 14.3 Å². The Morgan fingerprint density at radius 2 is 1.71 bits per heavy atom. The van der Waals surface area contributed by atoms with Gasteiger partial charge in [-0.3, -0.25) is 4.79 Å². The van der Waals surface area contributed by atoms with Gasteiger partial charge < -0.3 is 10.1 Å². The molecule has 35 heavy (non-hydrogen) atoms. The third kappa shape index (κ3) is 4.29. The van der Waals surface area contributed by atoms with Crippen LogP contribution >= 0.6 is 0 Å². The lowest BCUT2D eigenvalue weighted by molar-refractivity contribution is -0.143. The number of ketones is 1. The van der Waals surface area contributed by atoms with Crippen molar-refractivity contribution in [3.8, 4) is 0 Å². The second kappa shape index (κ2) is 9.53. The van der Waals surface area contributed by atoms with E-state index in [-0.39, 0.29) is 23.8 Å². The number of carbonyl (C=O) groups excluding carboxylic acids is 2. The molecule has 2 aliphatic rings. The first-order valence-corrected chi connectivity index (χ1v) is 12.5. The second-order valence-electron chi connectivity index (χ2n) is 9.62. The van der Waals surface area contributed by atoms with Crippen LogP contribution in [0.5, 0.6) is 0 Å². The molecule has 1 N–H and O–H groups in total. The molecule has 0 amide bonds. The Bertz CT molecular complexity index is 1350. The lowest BCUT2D eigenvalue weighted by Gasteiger charge is -2.37. The standard InChI is InChI=1S/C31H31NO3/c1-4-19(2)35-31(34)28-20(3)32-26-17-23(21-11-6-5-7-12-21)18-27(33)30(26)29(28)25-16-10-14-22-13-8-9-15-24(22)25/h5-16,19,23,29,32H,4,17-18H2,1-3H3/t19-,23-,29+/m0/s1. The Labute approximate surface area is 206 Å². The van der Waals surface area contributed by atoms with Crippen LogP contribution in [0.25, 0.3) is 10.8 Å². The van der Waals surface area contributed by atoms with Crippen molar-refractivity contribution in [1.82, 2.24) is 5.32 Å². The van der Waals surface area contributed by atoms with E-state index < -0.39 is 5.92 Å². The number of allylic oxidation sites excluding steroid dienone is 3. The summed E-state index contributed by atoms with van der Waals surface area (Å²) in [6.07, 6.45) is 1.70. The van der Waals surface area contributed by atoms with Gasteiger partial charge in [-0.25, -0.2) is 4.79 Å². The van der Waals surface area contributed by atoms with Crippen molar-refractivity contribution in [2.45, 2.75) is 58.0 Å². The molecule has 0 fully saturated rings. The van der Waals surface area contributed by atoms with Gasteiger partial charge in [-0.2, -0.15) is 0 Å². The number of nitrogens with one attached hydrogen (secondary N) is 1. The zero-order valence-corrected chi connectivity index (χ0v) is 20.5. The van der Waals surface area contributed by atoms with Gasteiger partial charge in [-0.15, -0.1) is 0 Å². The quantitative estimate of drug-likeness (QED) is 0.435. The van der Waals surface area contributed by atoms with Crippen molar-refractivity contribution in [1.29, 1.82) is 0 Å². The van der Waals surface area contributed by atoms with Crippen LogP contribution in [-0.2, 0) is 14.3 Å². The average molecular weight is 466 g/mol. The molecule has 1 aliphatic carbocycles. The first kappa shape index (κ1) is 23.1. The number of carbonyl (C=O) groups is 2. The number of Topliss-reactive ketones (excluding diaryl/α,β-unsaturated/α-hetero) is 1. The van der Waals surface area contributed by atoms with E-state index in [4.69, 9.17) is 4.74 Å². The van der Waals surface area contributed by atoms with Crippen molar-refractivity contribution in [3.05, 3.63) is 106 Å². The van der Waals surface area contributed by atoms with Crippen LogP contribution < -0.4 is 5.32 Å². The topological polar surface area (TPSA) is 55.4 Å². The first-order chi connectivity index (χ1) is 17.0. The van der Waals surface area contributed by atoms with E-state index in [0.29, 0.717) is 17.6 Å². The summed E-state index contributed by atoms with van der Waals surface area (Å²) in [5.41, 5.74) is 5.06. The second-order valence-corrected chi connectivity index (χ2v) is 9.62. The highest BCUT2D eigenvalue weighted by molar-refractivity contribution is 6.05. The van der Waals surface area contributed by atoms with Crippen molar-refractivity contribution in [2.24, 2.45) is 0 Å². The molecule has 5 rings (SSSR count). The molecule has 4 heteroatoms. The molecule has 3 aromatic rings. The summed E-state index contributed by atoms with van der Waals surface area (Å²) in [6.45, 7) is 5.82. The number of ether oxygens (including phenoxy) is 1. The molecule has 3 atom stereocenters. The highest BCUT2D eigenvalue weighted by atomic mass is 16.5. The fourth-order valence-electron chi connectivity index (χ4n) is 5.41. The van der Waals surface area contributed by atoms with Gasteiger partial charge in [-0.1, -0.05) is 79.7 Å². The number of fused-ring (bicyclic) bond motifs is 1. The van der Waals surface area contributed by atoms with Crippen LogP contribution in [0.4, 0.5) is 0 Å². The third-order valence-electron chi connectivity index (χ3n) is 7.34. The maximum absolute atomic E-state index is 13.8. The van der Waals surface area contributed by atoms with Crippen molar-refractivity contribution >= 4 is 22.5 Å². The predicted molar refractivity (Wildman–Crippen MR) is 139 cm³/mol. The van der Waals surface area contributed by atoms with Crippen LogP contribution in [0.1, 0.15) is 63.0 Å². The predicted octanol–water partition coefficient (Wildman–Crippen LogP) is 6.54. The highest BCUT2D eigenvalue weighted by Crippen LogP contribution is 2.47. The number of dihydropyridines is 1. The number of hydrogen-bond acceptors (Lipinski definition) is 4. The van der Waals surface area contributed by atoms with E-state index in [0.717, 1.165) is 40.6 Å². The van der Waals surface area contributed by atoms with Crippen LogP contribution in [0.3, 0.4) is 0 Å². The van der Waals surface area contributed by atoms with Crippen LogP contribution in [-0.4, -0.2) is 17.9 Å². The molecule has 0 radical (unpaired) electrons. The average Bonchev–Trinajstić information content (AvgIpc) is 2.87. The van der Waals surface area contributed by atoms with Gasteiger partial charge in [0.1, 0.15) is 0 Å². The molecule has 0 spiro atoms. The monoisotopic (exact) mass is 465 g/mol. The summed E-state index contributed by atoms with van der Waals surface area (Å²) in [5, 5.41) is 5.59. The first-order valence-electron chi connectivity index (χ1n) is 12.5. The zero-order valence-electron chi connectivity index (χ0n) is 20.5. The van der Waals surface area contributed by atoms with E-state index in [9.17, 15) is 9.59 Å². The van der Waals surface area contributed by atoms with E-state index in [1.165, 1.54) is 5.56 Å². The maximum Gasteiger partial charge on any atom is 0.337 e. The SMILES string of the molecule is CC[C@H](C)OC(=O)C1=C(C)NC2=C(C(=O)C[C@@H](c3ccccc3)C2)[C@@H]1c1cccc2ccccc12. The van der Waals surface area contributed by atoms with E-state index in [1.807, 2.05) is 63.2 Å². The minimum Gasteiger partial charge on any atom is -0.459 e. The molecule has 0 unspecified atom stereocenters. The molecule has 0 saturated carbocycles. The molecule has 1 aliphatic heterocycles. The van der Waals surface area contributed by atoms with Gasteiger partial charge in [0.25, 0.3) is 0 Å². The zero-order chi connectivity index (χ0) is 24.5. The molecule has 0 aromatic heterocycles. The molecule has 0 saturated heterocycles. The third-order valence-corrected chi connectivity index (χ3v) is 7.34.